The lowest BCUT2D eigenvalue weighted by atomic mass is 10.1. The summed E-state index contributed by atoms with van der Waals surface area (Å²) >= 11 is 19.1. The molecule has 2 rings (SSSR count). The van der Waals surface area contributed by atoms with Crippen molar-refractivity contribution < 1.29 is 5.11 Å². The van der Waals surface area contributed by atoms with Crippen LogP contribution in [0.5, 0.6) is 0 Å². The summed E-state index contributed by atoms with van der Waals surface area (Å²) in [7, 11) is 0. The SMILES string of the molecule is OC(Cc1ccc(Cl)s1)c1ccc(Cl)cc1Cl. The van der Waals surface area contributed by atoms with Crippen LogP contribution in [0.1, 0.15) is 16.5 Å². The van der Waals surface area contributed by atoms with Gasteiger partial charge in [0.2, 0.25) is 0 Å². The standard InChI is InChI=1S/C12H9Cl3OS/c13-7-1-3-9(10(14)5-7)11(16)6-8-2-4-12(15)17-8/h1-5,11,16H,6H2. The summed E-state index contributed by atoms with van der Waals surface area (Å²) in [6.07, 6.45) is -0.145. The molecule has 90 valence electrons. The average molecular weight is 308 g/mol. The topological polar surface area (TPSA) is 20.2 Å². The summed E-state index contributed by atoms with van der Waals surface area (Å²) in [5.74, 6) is 0. The molecule has 0 spiro atoms. The van der Waals surface area contributed by atoms with Crippen LogP contribution in [0.3, 0.4) is 0 Å². The Kier molecular flexibility index (Phi) is 4.34. The number of benzene rings is 1. The molecule has 1 unspecified atom stereocenters. The Balaban J connectivity index is 2.17. The molecule has 0 bridgehead atoms. The van der Waals surface area contributed by atoms with Crippen LogP contribution in [0.2, 0.25) is 14.4 Å². The summed E-state index contributed by atoms with van der Waals surface area (Å²) in [4.78, 5) is 1.02. The highest BCUT2D eigenvalue weighted by Crippen LogP contribution is 2.31. The van der Waals surface area contributed by atoms with Crippen LogP contribution in [-0.4, -0.2) is 5.11 Å². The van der Waals surface area contributed by atoms with Crippen molar-refractivity contribution in [3.63, 3.8) is 0 Å². The van der Waals surface area contributed by atoms with Gasteiger partial charge in [-0.2, -0.15) is 0 Å². The molecule has 2 aromatic rings. The molecule has 1 nitrogen and oxygen atoms in total. The van der Waals surface area contributed by atoms with E-state index in [1.54, 1.807) is 18.2 Å². The summed E-state index contributed by atoms with van der Waals surface area (Å²) in [6, 6.07) is 8.80. The van der Waals surface area contributed by atoms with Crippen LogP contribution in [-0.2, 0) is 6.42 Å². The van der Waals surface area contributed by atoms with E-state index in [2.05, 4.69) is 0 Å². The zero-order chi connectivity index (χ0) is 12.4. The molecule has 0 aliphatic rings. The first kappa shape index (κ1) is 13.2. The largest absolute Gasteiger partial charge is 0.388 e. The normalized spacial score (nSPS) is 12.7. The molecular weight excluding hydrogens is 299 g/mol. The molecule has 0 aliphatic heterocycles. The summed E-state index contributed by atoms with van der Waals surface area (Å²) in [6.45, 7) is 0. The van der Waals surface area contributed by atoms with E-state index in [0.717, 1.165) is 9.21 Å². The minimum atomic E-state index is -0.644. The average Bonchev–Trinajstić information content (AvgIpc) is 2.63. The smallest absolute Gasteiger partial charge is 0.0931 e. The monoisotopic (exact) mass is 306 g/mol. The number of rotatable bonds is 3. The second-order valence-electron chi connectivity index (χ2n) is 3.59. The number of thiophene rings is 1. The van der Waals surface area contributed by atoms with Crippen molar-refractivity contribution in [1.82, 2.24) is 0 Å². The van der Waals surface area contributed by atoms with Gasteiger partial charge in [-0.15, -0.1) is 11.3 Å². The van der Waals surface area contributed by atoms with Crippen molar-refractivity contribution in [1.29, 1.82) is 0 Å². The van der Waals surface area contributed by atoms with Gasteiger partial charge in [-0.1, -0.05) is 40.9 Å². The van der Waals surface area contributed by atoms with E-state index in [9.17, 15) is 5.11 Å². The van der Waals surface area contributed by atoms with E-state index in [4.69, 9.17) is 34.8 Å². The maximum absolute atomic E-state index is 10.1. The van der Waals surface area contributed by atoms with Gasteiger partial charge in [0.25, 0.3) is 0 Å². The van der Waals surface area contributed by atoms with E-state index in [-0.39, 0.29) is 0 Å². The molecule has 0 fully saturated rings. The number of hydrogen-bond donors (Lipinski definition) is 1. The number of aliphatic hydroxyl groups is 1. The van der Waals surface area contributed by atoms with Crippen molar-refractivity contribution >= 4 is 46.1 Å². The minimum Gasteiger partial charge on any atom is -0.388 e. The van der Waals surface area contributed by atoms with Gasteiger partial charge in [0.05, 0.1) is 10.4 Å². The first-order valence-electron chi connectivity index (χ1n) is 4.93. The highest BCUT2D eigenvalue weighted by Gasteiger charge is 2.13. The molecule has 0 saturated heterocycles. The van der Waals surface area contributed by atoms with Crippen molar-refractivity contribution in [3.8, 4) is 0 Å². The Bertz CT molecular complexity index is 524. The molecule has 0 saturated carbocycles. The van der Waals surface area contributed by atoms with Gasteiger partial charge >= 0.3 is 0 Å². The van der Waals surface area contributed by atoms with Crippen molar-refractivity contribution in [2.45, 2.75) is 12.5 Å². The van der Waals surface area contributed by atoms with Crippen molar-refractivity contribution in [3.05, 3.63) is 55.2 Å². The minimum absolute atomic E-state index is 0.479. The second kappa shape index (κ2) is 5.59. The fraction of sp³-hybridized carbons (Fsp3) is 0.167. The molecule has 0 amide bonds. The van der Waals surface area contributed by atoms with Crippen molar-refractivity contribution in [2.24, 2.45) is 0 Å². The third-order valence-electron chi connectivity index (χ3n) is 2.34. The van der Waals surface area contributed by atoms with Gasteiger partial charge in [0.1, 0.15) is 0 Å². The lowest BCUT2D eigenvalue weighted by molar-refractivity contribution is 0.179. The highest BCUT2D eigenvalue weighted by molar-refractivity contribution is 7.16. The Hall–Kier alpha value is -0.250. The lowest BCUT2D eigenvalue weighted by Crippen LogP contribution is -2.01. The number of hydrogen-bond acceptors (Lipinski definition) is 2. The van der Waals surface area contributed by atoms with Crippen molar-refractivity contribution in [2.75, 3.05) is 0 Å². The van der Waals surface area contributed by atoms with Gasteiger partial charge in [-0.05, 0) is 29.8 Å². The third-order valence-corrected chi connectivity index (χ3v) is 4.16. The van der Waals surface area contributed by atoms with Gasteiger partial charge in [-0.3, -0.25) is 0 Å². The maximum atomic E-state index is 10.1. The Labute approximate surface area is 119 Å². The van der Waals surface area contributed by atoms with E-state index in [0.29, 0.717) is 22.0 Å². The quantitative estimate of drug-likeness (QED) is 0.847. The fourth-order valence-electron chi connectivity index (χ4n) is 1.53. The predicted molar refractivity (Wildman–Crippen MR) is 74.5 cm³/mol. The molecule has 1 N–H and O–H groups in total. The van der Waals surface area contributed by atoms with E-state index in [1.165, 1.54) is 11.3 Å². The van der Waals surface area contributed by atoms with E-state index >= 15 is 0 Å². The highest BCUT2D eigenvalue weighted by atomic mass is 35.5. The van der Waals surface area contributed by atoms with Gasteiger partial charge < -0.3 is 5.11 Å². The van der Waals surface area contributed by atoms with E-state index in [1.807, 2.05) is 12.1 Å². The van der Waals surface area contributed by atoms with Crippen LogP contribution in [0, 0.1) is 0 Å². The molecule has 0 radical (unpaired) electrons. The molecular formula is C12H9Cl3OS. The molecule has 1 aromatic heterocycles. The first-order chi connectivity index (χ1) is 8.06. The van der Waals surface area contributed by atoms with Gasteiger partial charge in [0.15, 0.2) is 0 Å². The first-order valence-corrected chi connectivity index (χ1v) is 6.88. The molecule has 5 heteroatoms. The Morgan fingerprint density at radius 1 is 1.12 bits per heavy atom. The molecule has 1 atom stereocenters. The summed E-state index contributed by atoms with van der Waals surface area (Å²) in [5, 5.41) is 11.1. The fourth-order valence-corrected chi connectivity index (χ4v) is 3.19. The summed E-state index contributed by atoms with van der Waals surface area (Å²) < 4.78 is 0.717. The van der Waals surface area contributed by atoms with Crippen LogP contribution in [0.15, 0.2) is 30.3 Å². The molecule has 1 aromatic carbocycles. The Morgan fingerprint density at radius 2 is 1.88 bits per heavy atom. The van der Waals surface area contributed by atoms with Gasteiger partial charge in [0, 0.05) is 21.3 Å². The van der Waals surface area contributed by atoms with Crippen LogP contribution < -0.4 is 0 Å². The lowest BCUT2D eigenvalue weighted by Gasteiger charge is -2.11. The maximum Gasteiger partial charge on any atom is 0.0931 e. The number of aliphatic hydroxyl groups excluding tert-OH is 1. The van der Waals surface area contributed by atoms with Gasteiger partial charge in [-0.25, -0.2) is 0 Å². The molecule has 1 heterocycles. The summed E-state index contributed by atoms with van der Waals surface area (Å²) in [5.41, 5.74) is 0.681. The predicted octanol–water partition coefficient (Wildman–Crippen LogP) is 4.98. The van der Waals surface area contributed by atoms with Crippen LogP contribution in [0.25, 0.3) is 0 Å². The molecule has 0 aliphatic carbocycles. The second-order valence-corrected chi connectivity index (χ2v) is 6.23. The number of halogens is 3. The van der Waals surface area contributed by atoms with Crippen LogP contribution >= 0.6 is 46.1 Å². The zero-order valence-corrected chi connectivity index (χ0v) is 11.7. The third kappa shape index (κ3) is 3.36. The Morgan fingerprint density at radius 3 is 2.47 bits per heavy atom. The van der Waals surface area contributed by atoms with E-state index < -0.39 is 6.10 Å². The van der Waals surface area contributed by atoms with Crippen LogP contribution in [0.4, 0.5) is 0 Å². The zero-order valence-electron chi connectivity index (χ0n) is 8.66. The molecule has 17 heavy (non-hydrogen) atoms.